The molecule has 8 rings (SSSR count). The lowest BCUT2D eigenvalue weighted by atomic mass is 9.69. The van der Waals surface area contributed by atoms with E-state index in [-0.39, 0.29) is 23.8 Å². The minimum absolute atomic E-state index is 0.191. The van der Waals surface area contributed by atoms with Crippen LogP contribution in [-0.2, 0) is 22.6 Å². The minimum Gasteiger partial charge on any atom is -0.508 e. The van der Waals surface area contributed by atoms with Crippen molar-refractivity contribution in [3.8, 4) is 5.75 Å². The van der Waals surface area contributed by atoms with E-state index in [0.29, 0.717) is 30.6 Å². The minimum atomic E-state index is -0.357. The standard InChI is InChI=1S/C43H49N5O3/c49-37-15-17-39-33(28-37)10-16-38(31-4-2-1-3-5-31)42(39)32-8-13-35(14-9-32)47-22-20-36(21-23-47)48-26-24-46(25-27-48)29-30-6-11-34(12-7-30)44-40-18-19-41(50)45-43(40)51/h1-9,11-15,17,28,36,38,40,42,44,49H,10,16,18-27,29H2,(H,45,50,51). The maximum Gasteiger partial charge on any atom is 0.249 e. The van der Waals surface area contributed by atoms with Crippen LogP contribution in [0, 0.1) is 0 Å². The zero-order chi connectivity index (χ0) is 34.7. The third-order valence-corrected chi connectivity index (χ3v) is 11.8. The van der Waals surface area contributed by atoms with Crippen LogP contribution in [0.4, 0.5) is 11.4 Å². The van der Waals surface area contributed by atoms with E-state index < -0.39 is 0 Å². The number of nitrogens with zero attached hydrogens (tertiary/aromatic N) is 3. The molecular weight excluding hydrogens is 635 g/mol. The number of benzene rings is 4. The van der Waals surface area contributed by atoms with Crippen molar-refractivity contribution in [2.45, 2.75) is 69.0 Å². The third kappa shape index (κ3) is 7.53. The first kappa shape index (κ1) is 33.5. The molecule has 8 nitrogen and oxygen atoms in total. The number of phenolic OH excluding ortho intramolecular Hbond substituents is 1. The van der Waals surface area contributed by atoms with Gasteiger partial charge in [-0.1, -0.05) is 60.7 Å². The van der Waals surface area contributed by atoms with Crippen molar-refractivity contribution in [3.63, 3.8) is 0 Å². The van der Waals surface area contributed by atoms with Gasteiger partial charge in [-0.25, -0.2) is 0 Å². The number of carbonyl (C=O) groups is 2. The number of amides is 2. The van der Waals surface area contributed by atoms with Crippen LogP contribution in [0.15, 0.2) is 97.1 Å². The summed E-state index contributed by atoms with van der Waals surface area (Å²) in [5.74, 6) is 0.618. The normalized spacial score (nSPS) is 23.5. The molecule has 4 aliphatic rings. The number of rotatable bonds is 8. The molecule has 51 heavy (non-hydrogen) atoms. The number of aryl methyl sites for hydroxylation is 1. The fraction of sp³-hybridized carbons (Fsp3) is 0.395. The number of imide groups is 1. The smallest absolute Gasteiger partial charge is 0.249 e. The Hall–Kier alpha value is -4.66. The first-order valence-corrected chi connectivity index (χ1v) is 18.8. The molecule has 3 heterocycles. The SMILES string of the molecule is O=C1CCC(Nc2ccc(CN3CCN(C4CCN(c5ccc(C6c7ccc(O)cc7CCC6c6ccccc6)cc5)CC4)CC3)cc2)C(=O)N1. The van der Waals surface area contributed by atoms with Crippen molar-refractivity contribution in [1.29, 1.82) is 0 Å². The summed E-state index contributed by atoms with van der Waals surface area (Å²) >= 11 is 0. The van der Waals surface area contributed by atoms with Crippen LogP contribution in [0.2, 0.25) is 0 Å². The van der Waals surface area contributed by atoms with Gasteiger partial charge < -0.3 is 15.3 Å². The van der Waals surface area contributed by atoms with E-state index in [1.54, 1.807) is 0 Å². The Balaban J connectivity index is 0.830. The molecule has 1 aliphatic carbocycles. The average molecular weight is 684 g/mol. The van der Waals surface area contributed by atoms with E-state index in [1.165, 1.54) is 46.3 Å². The van der Waals surface area contributed by atoms with Gasteiger partial charge in [-0.2, -0.15) is 0 Å². The molecule has 2 amide bonds. The van der Waals surface area contributed by atoms with Gasteiger partial charge in [0.2, 0.25) is 11.8 Å². The molecule has 3 saturated heterocycles. The molecule has 264 valence electrons. The van der Waals surface area contributed by atoms with Gasteiger partial charge in [0.05, 0.1) is 0 Å². The first-order chi connectivity index (χ1) is 25.0. The largest absolute Gasteiger partial charge is 0.508 e. The summed E-state index contributed by atoms with van der Waals surface area (Å²) in [6.45, 7) is 7.47. The van der Waals surface area contributed by atoms with Crippen molar-refractivity contribution in [2.24, 2.45) is 0 Å². The highest BCUT2D eigenvalue weighted by molar-refractivity contribution is 6.01. The Morgan fingerprint density at radius 1 is 0.725 bits per heavy atom. The van der Waals surface area contributed by atoms with Crippen molar-refractivity contribution < 1.29 is 14.7 Å². The monoisotopic (exact) mass is 683 g/mol. The Labute approximate surface area is 301 Å². The lowest BCUT2D eigenvalue weighted by Gasteiger charge is -2.43. The zero-order valence-electron chi connectivity index (χ0n) is 29.3. The van der Waals surface area contributed by atoms with E-state index in [0.717, 1.165) is 64.3 Å². The van der Waals surface area contributed by atoms with Gasteiger partial charge in [-0.15, -0.1) is 0 Å². The highest BCUT2D eigenvalue weighted by atomic mass is 16.3. The van der Waals surface area contributed by atoms with Crippen LogP contribution in [-0.4, -0.2) is 78.1 Å². The summed E-state index contributed by atoms with van der Waals surface area (Å²) in [5, 5.41) is 15.9. The number of carbonyl (C=O) groups excluding carboxylic acids is 2. The Morgan fingerprint density at radius 2 is 1.47 bits per heavy atom. The number of hydrogen-bond acceptors (Lipinski definition) is 7. The Kier molecular flexibility index (Phi) is 9.78. The van der Waals surface area contributed by atoms with Gasteiger partial charge in [-0.05, 0) is 102 Å². The molecule has 0 saturated carbocycles. The van der Waals surface area contributed by atoms with Gasteiger partial charge >= 0.3 is 0 Å². The molecule has 3 fully saturated rings. The molecule has 3 N–H and O–H groups in total. The van der Waals surface area contributed by atoms with Crippen molar-refractivity contribution in [3.05, 3.63) is 125 Å². The zero-order valence-corrected chi connectivity index (χ0v) is 29.3. The highest BCUT2D eigenvalue weighted by Crippen LogP contribution is 2.47. The summed E-state index contributed by atoms with van der Waals surface area (Å²) in [7, 11) is 0. The van der Waals surface area contributed by atoms with Gasteiger partial charge in [0, 0.05) is 75.6 Å². The summed E-state index contributed by atoms with van der Waals surface area (Å²) in [4.78, 5) is 31.4. The summed E-state index contributed by atoms with van der Waals surface area (Å²) in [6, 6.07) is 34.9. The second-order valence-electron chi connectivity index (χ2n) is 14.9. The highest BCUT2D eigenvalue weighted by Gasteiger charge is 2.33. The lowest BCUT2D eigenvalue weighted by Crippen LogP contribution is -2.53. The number of phenols is 1. The van der Waals surface area contributed by atoms with E-state index in [9.17, 15) is 14.7 Å². The average Bonchev–Trinajstić information content (AvgIpc) is 3.17. The van der Waals surface area contributed by atoms with E-state index >= 15 is 0 Å². The summed E-state index contributed by atoms with van der Waals surface area (Å²) < 4.78 is 0. The van der Waals surface area contributed by atoms with Crippen molar-refractivity contribution in [1.82, 2.24) is 15.1 Å². The number of aromatic hydroxyl groups is 1. The van der Waals surface area contributed by atoms with Crippen LogP contribution < -0.4 is 15.5 Å². The maximum atomic E-state index is 12.1. The topological polar surface area (TPSA) is 88.2 Å². The van der Waals surface area contributed by atoms with E-state index in [1.807, 2.05) is 24.3 Å². The van der Waals surface area contributed by atoms with Crippen LogP contribution in [0.3, 0.4) is 0 Å². The number of anilines is 2. The fourth-order valence-electron chi connectivity index (χ4n) is 8.94. The molecule has 3 aliphatic heterocycles. The van der Waals surface area contributed by atoms with Crippen LogP contribution in [0.1, 0.15) is 71.8 Å². The maximum absolute atomic E-state index is 12.1. The predicted molar refractivity (Wildman–Crippen MR) is 202 cm³/mol. The molecule has 3 unspecified atom stereocenters. The molecule has 0 radical (unpaired) electrons. The van der Waals surface area contributed by atoms with Gasteiger partial charge in [-0.3, -0.25) is 24.7 Å². The lowest BCUT2D eigenvalue weighted by molar-refractivity contribution is -0.133. The second kappa shape index (κ2) is 14.9. The molecule has 4 aromatic rings. The van der Waals surface area contributed by atoms with Gasteiger partial charge in [0.15, 0.2) is 0 Å². The second-order valence-corrected chi connectivity index (χ2v) is 14.9. The summed E-state index contributed by atoms with van der Waals surface area (Å²) in [6.07, 6.45) is 5.36. The molecular formula is C43H49N5O3. The van der Waals surface area contributed by atoms with Gasteiger partial charge in [0.25, 0.3) is 0 Å². The number of fused-ring (bicyclic) bond motifs is 1. The first-order valence-electron chi connectivity index (χ1n) is 18.8. The summed E-state index contributed by atoms with van der Waals surface area (Å²) in [5.41, 5.74) is 8.87. The number of nitrogens with one attached hydrogen (secondary N) is 2. The van der Waals surface area contributed by atoms with Crippen LogP contribution in [0.25, 0.3) is 0 Å². The quantitative estimate of drug-likeness (QED) is 0.189. The Bertz CT molecular complexity index is 1810. The van der Waals surface area contributed by atoms with Crippen molar-refractivity contribution >= 4 is 23.2 Å². The number of hydrogen-bond donors (Lipinski definition) is 3. The predicted octanol–water partition coefficient (Wildman–Crippen LogP) is 6.26. The number of piperidine rings is 2. The van der Waals surface area contributed by atoms with E-state index in [4.69, 9.17) is 0 Å². The number of piperazine rings is 1. The molecule has 3 atom stereocenters. The Morgan fingerprint density at radius 3 is 2.20 bits per heavy atom. The van der Waals surface area contributed by atoms with Crippen LogP contribution in [0.5, 0.6) is 5.75 Å². The fourth-order valence-corrected chi connectivity index (χ4v) is 8.94. The van der Waals surface area contributed by atoms with Crippen molar-refractivity contribution in [2.75, 3.05) is 49.5 Å². The molecule has 4 aromatic carbocycles. The van der Waals surface area contributed by atoms with Crippen LogP contribution >= 0.6 is 0 Å². The molecule has 0 spiro atoms. The molecule has 8 heteroatoms. The van der Waals surface area contributed by atoms with Gasteiger partial charge in [0.1, 0.15) is 11.8 Å². The molecule has 0 bridgehead atoms. The molecule has 0 aromatic heterocycles. The third-order valence-electron chi connectivity index (χ3n) is 11.8. The van der Waals surface area contributed by atoms with E-state index in [2.05, 4.69) is 98.1 Å².